The van der Waals surface area contributed by atoms with E-state index in [2.05, 4.69) is 21.1 Å². The van der Waals surface area contributed by atoms with Crippen LogP contribution in [0.15, 0.2) is 53.9 Å². The number of carbonyl (C=O) groups excluding carboxylic acids is 2. The second-order valence-corrected chi connectivity index (χ2v) is 7.29. The smallest absolute Gasteiger partial charge is 0.275 e. The van der Waals surface area contributed by atoms with Gasteiger partial charge in [-0.05, 0) is 31.0 Å². The number of pyridine rings is 1. The number of fused-ring (bicyclic) bond motifs is 5. The number of hydrazone groups is 1. The fraction of sp³-hybridized carbons (Fsp3) is 0.238. The first-order valence-electron chi connectivity index (χ1n) is 9.25. The van der Waals surface area contributed by atoms with Gasteiger partial charge in [0.2, 0.25) is 5.91 Å². The van der Waals surface area contributed by atoms with Crippen LogP contribution < -0.4 is 0 Å². The molecule has 1 aromatic carbocycles. The monoisotopic (exact) mass is 373 g/mol. The molecule has 3 aromatic rings. The van der Waals surface area contributed by atoms with Crippen molar-refractivity contribution in [2.75, 3.05) is 13.1 Å². The van der Waals surface area contributed by atoms with Crippen molar-refractivity contribution in [1.82, 2.24) is 19.9 Å². The quantitative estimate of drug-likeness (QED) is 0.698. The maximum Gasteiger partial charge on any atom is 0.275 e. The number of H-pyrrole nitrogens is 1. The molecule has 2 aliphatic rings. The van der Waals surface area contributed by atoms with E-state index in [0.29, 0.717) is 6.54 Å². The van der Waals surface area contributed by atoms with Crippen molar-refractivity contribution in [2.45, 2.75) is 18.9 Å². The van der Waals surface area contributed by atoms with Gasteiger partial charge < -0.3 is 9.88 Å². The average Bonchev–Trinajstić information content (AvgIpc) is 3.11. The van der Waals surface area contributed by atoms with Gasteiger partial charge in [0.25, 0.3) is 5.91 Å². The molecule has 140 valence electrons. The van der Waals surface area contributed by atoms with Gasteiger partial charge in [-0.1, -0.05) is 24.3 Å². The van der Waals surface area contributed by atoms with Crippen LogP contribution in [-0.4, -0.2) is 51.0 Å². The Hall–Kier alpha value is -3.48. The number of nitrogens with zero attached hydrogens (tertiary/aromatic N) is 4. The minimum Gasteiger partial charge on any atom is -0.356 e. The summed E-state index contributed by atoms with van der Waals surface area (Å²) in [4.78, 5) is 35.5. The number of hydrogen-bond acceptors (Lipinski definition) is 4. The molecule has 0 saturated carbocycles. The van der Waals surface area contributed by atoms with Gasteiger partial charge in [-0.25, -0.2) is 5.01 Å². The molecule has 1 saturated heterocycles. The third-order valence-electron chi connectivity index (χ3n) is 5.69. The first-order chi connectivity index (χ1) is 13.6. The fourth-order valence-corrected chi connectivity index (χ4v) is 4.27. The Kier molecular flexibility index (Phi) is 3.58. The molecule has 0 bridgehead atoms. The van der Waals surface area contributed by atoms with E-state index in [4.69, 9.17) is 0 Å². The molecule has 2 aliphatic heterocycles. The van der Waals surface area contributed by atoms with Crippen molar-refractivity contribution in [3.8, 4) is 0 Å². The zero-order chi connectivity index (χ0) is 19.3. The fourth-order valence-electron chi connectivity index (χ4n) is 4.27. The number of amides is 2. The van der Waals surface area contributed by atoms with Gasteiger partial charge in [0.1, 0.15) is 6.54 Å². The molecule has 7 nitrogen and oxygen atoms in total. The summed E-state index contributed by atoms with van der Waals surface area (Å²) in [5.74, 6) is -0.311. The minimum absolute atomic E-state index is 0.0548. The van der Waals surface area contributed by atoms with Gasteiger partial charge in [0, 0.05) is 35.4 Å². The SMILES string of the molecule is C[C@@]12C(=O)N(/N=C\c3cccnc3)CC(=O)N1CCc1c2[nH]c2ccccc12. The molecular weight excluding hydrogens is 354 g/mol. The Labute approximate surface area is 161 Å². The van der Waals surface area contributed by atoms with Crippen LogP contribution in [0, 0.1) is 0 Å². The topological polar surface area (TPSA) is 81.7 Å². The van der Waals surface area contributed by atoms with E-state index in [9.17, 15) is 9.59 Å². The standard InChI is InChI=1S/C21H19N5O2/c1-21-19-16(15-6-2-3-7-17(15)24-19)8-10-25(21)18(27)13-26(20(21)28)23-12-14-5-4-9-22-11-14/h2-7,9,11-12,24H,8,10,13H2,1H3/b23-12-/t21-/m1/s1. The van der Waals surface area contributed by atoms with Crippen LogP contribution in [0.1, 0.15) is 23.7 Å². The highest BCUT2D eigenvalue weighted by molar-refractivity contribution is 6.01. The molecule has 1 atom stereocenters. The number of aromatic amines is 1. The number of piperazine rings is 1. The van der Waals surface area contributed by atoms with Gasteiger partial charge >= 0.3 is 0 Å². The Balaban J connectivity index is 1.59. The van der Waals surface area contributed by atoms with Gasteiger partial charge in [-0.15, -0.1) is 0 Å². The molecule has 5 rings (SSSR count). The lowest BCUT2D eigenvalue weighted by molar-refractivity contribution is -0.165. The lowest BCUT2D eigenvalue weighted by atomic mass is 9.83. The second-order valence-electron chi connectivity index (χ2n) is 7.29. The molecule has 28 heavy (non-hydrogen) atoms. The molecule has 2 aromatic heterocycles. The highest BCUT2D eigenvalue weighted by Crippen LogP contribution is 2.41. The zero-order valence-corrected chi connectivity index (χ0v) is 15.4. The first kappa shape index (κ1) is 16.7. The third-order valence-corrected chi connectivity index (χ3v) is 5.69. The van der Waals surface area contributed by atoms with Crippen molar-refractivity contribution < 1.29 is 9.59 Å². The van der Waals surface area contributed by atoms with E-state index in [-0.39, 0.29) is 18.4 Å². The average molecular weight is 373 g/mol. The van der Waals surface area contributed by atoms with Gasteiger partial charge in [-0.3, -0.25) is 14.6 Å². The molecule has 0 spiro atoms. The molecule has 0 aliphatic carbocycles. The highest BCUT2D eigenvalue weighted by Gasteiger charge is 2.54. The summed E-state index contributed by atoms with van der Waals surface area (Å²) in [5.41, 5.74) is 2.55. The van der Waals surface area contributed by atoms with E-state index < -0.39 is 5.54 Å². The Morgan fingerprint density at radius 1 is 1.21 bits per heavy atom. The Morgan fingerprint density at radius 3 is 2.89 bits per heavy atom. The summed E-state index contributed by atoms with van der Waals surface area (Å²) in [6, 6.07) is 11.6. The third kappa shape index (κ3) is 2.29. The number of aromatic nitrogens is 2. The van der Waals surface area contributed by atoms with Crippen LogP contribution in [-0.2, 0) is 21.5 Å². The van der Waals surface area contributed by atoms with E-state index in [1.54, 1.807) is 29.6 Å². The number of para-hydroxylation sites is 1. The summed E-state index contributed by atoms with van der Waals surface area (Å²) >= 11 is 0. The van der Waals surface area contributed by atoms with Crippen LogP contribution in [0.3, 0.4) is 0 Å². The Morgan fingerprint density at radius 2 is 2.07 bits per heavy atom. The maximum atomic E-state index is 13.5. The largest absolute Gasteiger partial charge is 0.356 e. The summed E-state index contributed by atoms with van der Waals surface area (Å²) in [6.45, 7) is 2.28. The summed E-state index contributed by atoms with van der Waals surface area (Å²) in [7, 11) is 0. The molecule has 1 fully saturated rings. The molecule has 4 heterocycles. The van der Waals surface area contributed by atoms with E-state index in [1.165, 1.54) is 5.01 Å². The van der Waals surface area contributed by atoms with Crippen LogP contribution in [0.4, 0.5) is 0 Å². The predicted octanol–water partition coefficient (Wildman–Crippen LogP) is 2.04. The van der Waals surface area contributed by atoms with E-state index in [1.807, 2.05) is 31.2 Å². The van der Waals surface area contributed by atoms with Crippen molar-refractivity contribution >= 4 is 28.9 Å². The summed E-state index contributed by atoms with van der Waals surface area (Å²) in [5, 5.41) is 6.68. The van der Waals surface area contributed by atoms with Crippen LogP contribution in [0.25, 0.3) is 10.9 Å². The van der Waals surface area contributed by atoms with Crippen molar-refractivity contribution in [1.29, 1.82) is 0 Å². The van der Waals surface area contributed by atoms with Crippen LogP contribution >= 0.6 is 0 Å². The molecule has 2 amide bonds. The summed E-state index contributed by atoms with van der Waals surface area (Å²) < 4.78 is 0. The molecule has 0 unspecified atom stereocenters. The van der Waals surface area contributed by atoms with E-state index >= 15 is 0 Å². The predicted molar refractivity (Wildman–Crippen MR) is 105 cm³/mol. The summed E-state index contributed by atoms with van der Waals surface area (Å²) in [6.07, 6.45) is 5.62. The van der Waals surface area contributed by atoms with Crippen molar-refractivity contribution in [3.05, 3.63) is 65.6 Å². The van der Waals surface area contributed by atoms with E-state index in [0.717, 1.165) is 34.1 Å². The molecule has 0 radical (unpaired) electrons. The van der Waals surface area contributed by atoms with Gasteiger partial charge in [0.15, 0.2) is 5.54 Å². The van der Waals surface area contributed by atoms with Gasteiger partial charge in [-0.2, -0.15) is 5.10 Å². The van der Waals surface area contributed by atoms with Crippen LogP contribution in [0.2, 0.25) is 0 Å². The zero-order valence-electron chi connectivity index (χ0n) is 15.4. The maximum absolute atomic E-state index is 13.5. The Bertz CT molecular complexity index is 1120. The van der Waals surface area contributed by atoms with Crippen molar-refractivity contribution in [3.63, 3.8) is 0 Å². The number of carbonyl (C=O) groups is 2. The first-order valence-corrected chi connectivity index (χ1v) is 9.25. The number of hydrogen-bond donors (Lipinski definition) is 1. The van der Waals surface area contributed by atoms with Crippen molar-refractivity contribution in [2.24, 2.45) is 5.10 Å². The highest BCUT2D eigenvalue weighted by atomic mass is 16.2. The lowest BCUT2D eigenvalue weighted by Crippen LogP contribution is -2.65. The number of benzene rings is 1. The number of rotatable bonds is 2. The normalized spacial score (nSPS) is 22.0. The molecular formula is C21H19N5O2. The molecule has 1 N–H and O–H groups in total. The molecule has 7 heteroatoms. The lowest BCUT2D eigenvalue weighted by Gasteiger charge is -2.48. The number of nitrogens with one attached hydrogen (secondary N) is 1. The second kappa shape index (κ2) is 6.02. The van der Waals surface area contributed by atoms with Gasteiger partial charge in [0.05, 0.1) is 11.9 Å². The minimum atomic E-state index is -1.09. The van der Waals surface area contributed by atoms with Crippen LogP contribution in [0.5, 0.6) is 0 Å².